The van der Waals surface area contributed by atoms with Gasteiger partial charge >= 0.3 is 0 Å². The van der Waals surface area contributed by atoms with Crippen LogP contribution in [0.2, 0.25) is 0 Å². The van der Waals surface area contributed by atoms with Crippen molar-refractivity contribution in [3.8, 4) is 0 Å². The number of hydrogen-bond acceptors (Lipinski definition) is 0. The van der Waals surface area contributed by atoms with Crippen LogP contribution in [0.4, 0.5) is 0 Å². The molecule has 0 aliphatic rings. The van der Waals surface area contributed by atoms with Crippen molar-refractivity contribution in [1.82, 2.24) is 0 Å². The van der Waals surface area contributed by atoms with Gasteiger partial charge in [-0.2, -0.15) is 0 Å². The van der Waals surface area contributed by atoms with Gasteiger partial charge in [-0.05, 0) is 28.9 Å². The quantitative estimate of drug-likeness (QED) is 0.643. The van der Waals surface area contributed by atoms with Gasteiger partial charge < -0.3 is 0 Å². The zero-order valence-corrected chi connectivity index (χ0v) is 11.8. The highest BCUT2D eigenvalue weighted by Crippen LogP contribution is 2.28. The molecule has 16 heavy (non-hydrogen) atoms. The third-order valence-corrected chi connectivity index (χ3v) is 3.92. The van der Waals surface area contributed by atoms with E-state index in [1.807, 2.05) is 0 Å². The predicted molar refractivity (Wildman–Crippen MR) is 73.5 cm³/mol. The highest BCUT2D eigenvalue weighted by atomic mass is 35.5. The summed E-state index contributed by atoms with van der Waals surface area (Å²) in [6, 6.07) is 8.89. The molecule has 0 aromatic heterocycles. The summed E-state index contributed by atoms with van der Waals surface area (Å²) in [6.45, 7) is 11.1. The molecule has 0 spiro atoms. The third kappa shape index (κ3) is 3.25. The first kappa shape index (κ1) is 13.6. The van der Waals surface area contributed by atoms with E-state index in [1.54, 1.807) is 0 Å². The summed E-state index contributed by atoms with van der Waals surface area (Å²) in [4.78, 5) is 0. The molecule has 0 nitrogen and oxygen atoms in total. The fraction of sp³-hybridized carbons (Fsp3) is 0.600. The van der Waals surface area contributed by atoms with Crippen molar-refractivity contribution in [2.45, 2.75) is 57.7 Å². The van der Waals surface area contributed by atoms with E-state index in [1.165, 1.54) is 11.1 Å². The molecule has 1 rings (SSSR count). The van der Waals surface area contributed by atoms with Crippen molar-refractivity contribution in [3.63, 3.8) is 0 Å². The first-order chi connectivity index (χ1) is 7.36. The molecular weight excluding hydrogens is 216 g/mol. The summed E-state index contributed by atoms with van der Waals surface area (Å²) in [5.41, 5.74) is 2.95. The van der Waals surface area contributed by atoms with E-state index < -0.39 is 0 Å². The van der Waals surface area contributed by atoms with Gasteiger partial charge in [-0.3, -0.25) is 0 Å². The van der Waals surface area contributed by atoms with Gasteiger partial charge in [0.2, 0.25) is 0 Å². The summed E-state index contributed by atoms with van der Waals surface area (Å²) in [7, 11) is 0. The summed E-state index contributed by atoms with van der Waals surface area (Å²) < 4.78 is 0. The minimum absolute atomic E-state index is 0.229. The summed E-state index contributed by atoms with van der Waals surface area (Å²) in [6.07, 6.45) is 1.02. The number of rotatable bonds is 3. The van der Waals surface area contributed by atoms with Crippen molar-refractivity contribution in [2.75, 3.05) is 0 Å². The first-order valence-electron chi connectivity index (χ1n) is 6.10. The van der Waals surface area contributed by atoms with E-state index in [0.29, 0.717) is 5.92 Å². The molecule has 2 atom stereocenters. The fourth-order valence-corrected chi connectivity index (χ4v) is 1.99. The van der Waals surface area contributed by atoms with Crippen LogP contribution < -0.4 is 0 Å². The van der Waals surface area contributed by atoms with Crippen LogP contribution in [0.5, 0.6) is 0 Å². The first-order valence-corrected chi connectivity index (χ1v) is 6.54. The molecule has 0 N–H and O–H groups in total. The maximum atomic E-state index is 6.28. The zero-order valence-electron chi connectivity index (χ0n) is 11.0. The van der Waals surface area contributed by atoms with Gasteiger partial charge in [0.1, 0.15) is 0 Å². The van der Waals surface area contributed by atoms with Crippen LogP contribution in [0.1, 0.15) is 58.1 Å². The molecule has 0 bridgehead atoms. The Bertz CT molecular complexity index is 318. The molecule has 1 heteroatoms. The second-order valence-corrected chi connectivity index (χ2v) is 6.15. The molecule has 1 aromatic carbocycles. The third-order valence-electron chi connectivity index (χ3n) is 3.24. The van der Waals surface area contributed by atoms with Crippen molar-refractivity contribution in [3.05, 3.63) is 35.4 Å². The maximum Gasteiger partial charge on any atom is 0.0399 e. The Morgan fingerprint density at radius 3 is 2.00 bits per heavy atom. The monoisotopic (exact) mass is 238 g/mol. The highest BCUT2D eigenvalue weighted by Gasteiger charge is 2.17. The van der Waals surface area contributed by atoms with Crippen LogP contribution >= 0.6 is 11.6 Å². The van der Waals surface area contributed by atoms with Crippen molar-refractivity contribution in [2.24, 2.45) is 0 Å². The van der Waals surface area contributed by atoms with Gasteiger partial charge in [-0.15, -0.1) is 11.6 Å². The molecule has 0 saturated carbocycles. The molecule has 0 aliphatic carbocycles. The van der Waals surface area contributed by atoms with Crippen LogP contribution in [0.15, 0.2) is 24.3 Å². The number of benzene rings is 1. The smallest absolute Gasteiger partial charge is 0.0399 e. The Balaban J connectivity index is 2.87. The molecule has 0 saturated heterocycles. The van der Waals surface area contributed by atoms with Crippen LogP contribution in [-0.2, 0) is 5.41 Å². The second kappa shape index (κ2) is 5.23. The molecule has 0 aliphatic heterocycles. The molecule has 90 valence electrons. The Hall–Kier alpha value is -0.490. The largest absolute Gasteiger partial charge is 0.122 e. The minimum Gasteiger partial charge on any atom is -0.122 e. The molecule has 0 radical (unpaired) electrons. The van der Waals surface area contributed by atoms with Crippen LogP contribution in [0, 0.1) is 0 Å². The second-order valence-electron chi connectivity index (χ2n) is 5.58. The van der Waals surface area contributed by atoms with Crippen molar-refractivity contribution >= 4 is 11.6 Å². The summed E-state index contributed by atoms with van der Waals surface area (Å²) in [5.74, 6) is 0.431. The lowest BCUT2D eigenvalue weighted by atomic mass is 9.85. The van der Waals surface area contributed by atoms with Crippen molar-refractivity contribution < 1.29 is 0 Å². The Kier molecular flexibility index (Phi) is 4.43. The molecular formula is C15H23Cl. The molecule has 0 amide bonds. The molecule has 1 aromatic rings. The Morgan fingerprint density at radius 2 is 1.62 bits per heavy atom. The van der Waals surface area contributed by atoms with Gasteiger partial charge in [0, 0.05) is 5.38 Å². The van der Waals surface area contributed by atoms with Crippen LogP contribution in [0.25, 0.3) is 0 Å². The fourth-order valence-electron chi connectivity index (χ4n) is 1.85. The standard InChI is InChI=1S/C15H23Cl/c1-6-14(16)11(2)12-7-9-13(10-8-12)15(3,4)5/h7-11,14H,6H2,1-5H3. The van der Waals surface area contributed by atoms with E-state index in [4.69, 9.17) is 11.6 Å². The van der Waals surface area contributed by atoms with E-state index in [-0.39, 0.29) is 10.8 Å². The summed E-state index contributed by atoms with van der Waals surface area (Å²) in [5, 5.41) is 0.237. The average Bonchev–Trinajstić information content (AvgIpc) is 2.26. The van der Waals surface area contributed by atoms with Gasteiger partial charge in [-0.1, -0.05) is 58.9 Å². The van der Waals surface area contributed by atoms with E-state index in [0.717, 1.165) is 6.42 Å². The lowest BCUT2D eigenvalue weighted by Gasteiger charge is -2.21. The summed E-state index contributed by atoms with van der Waals surface area (Å²) >= 11 is 6.28. The number of halogens is 1. The van der Waals surface area contributed by atoms with Crippen LogP contribution in [0.3, 0.4) is 0 Å². The highest BCUT2D eigenvalue weighted by molar-refractivity contribution is 6.21. The topological polar surface area (TPSA) is 0 Å². The lowest BCUT2D eigenvalue weighted by Crippen LogP contribution is -2.12. The van der Waals surface area contributed by atoms with E-state index in [9.17, 15) is 0 Å². The molecule has 0 heterocycles. The van der Waals surface area contributed by atoms with Crippen LogP contribution in [-0.4, -0.2) is 5.38 Å². The van der Waals surface area contributed by atoms with Gasteiger partial charge in [0.05, 0.1) is 0 Å². The Labute approximate surface area is 105 Å². The number of alkyl halides is 1. The normalized spacial score (nSPS) is 15.9. The predicted octanol–water partition coefficient (Wildman–Crippen LogP) is 5.11. The zero-order chi connectivity index (χ0) is 12.3. The van der Waals surface area contributed by atoms with E-state index >= 15 is 0 Å². The maximum absolute atomic E-state index is 6.28. The minimum atomic E-state index is 0.229. The SMILES string of the molecule is CCC(Cl)C(C)c1ccc(C(C)(C)C)cc1. The Morgan fingerprint density at radius 1 is 1.12 bits per heavy atom. The lowest BCUT2D eigenvalue weighted by molar-refractivity contribution is 0.589. The molecule has 0 fully saturated rings. The van der Waals surface area contributed by atoms with Gasteiger partial charge in [0.15, 0.2) is 0 Å². The van der Waals surface area contributed by atoms with Crippen molar-refractivity contribution in [1.29, 1.82) is 0 Å². The van der Waals surface area contributed by atoms with Gasteiger partial charge in [0.25, 0.3) is 0 Å². The number of hydrogen-bond donors (Lipinski definition) is 0. The molecule has 2 unspecified atom stereocenters. The van der Waals surface area contributed by atoms with Gasteiger partial charge in [-0.25, -0.2) is 0 Å². The average molecular weight is 239 g/mol. The van der Waals surface area contributed by atoms with E-state index in [2.05, 4.69) is 58.9 Å².